The quantitative estimate of drug-likeness (QED) is 0.857. The number of halogens is 3. The van der Waals surface area contributed by atoms with Gasteiger partial charge in [0, 0.05) is 30.4 Å². The Bertz CT molecular complexity index is 579. The van der Waals surface area contributed by atoms with Crippen molar-refractivity contribution in [3.63, 3.8) is 0 Å². The molecule has 1 aliphatic carbocycles. The Morgan fingerprint density at radius 3 is 2.68 bits per heavy atom. The molecule has 8 heteroatoms. The number of hydrogen-bond donors (Lipinski definition) is 1. The zero-order chi connectivity index (χ0) is 16.5. The Labute approximate surface area is 129 Å². The minimum absolute atomic E-state index is 0.0132. The van der Waals surface area contributed by atoms with Crippen LogP contribution in [-0.4, -0.2) is 31.9 Å². The maximum Gasteiger partial charge on any atom is 0.516 e. The number of piperidine rings is 1. The predicted molar refractivity (Wildman–Crippen MR) is 78.0 cm³/mol. The predicted octanol–water partition coefficient (Wildman–Crippen LogP) is 2.97. The Hall–Kier alpha value is -1.18. The van der Waals surface area contributed by atoms with Crippen molar-refractivity contribution < 1.29 is 21.6 Å². The molecule has 1 atom stereocenters. The van der Waals surface area contributed by atoms with Gasteiger partial charge in [0.15, 0.2) is 0 Å². The molecule has 0 aromatic carbocycles. The number of sulfonamides is 1. The molecule has 4 nitrogen and oxygen atoms in total. The lowest BCUT2D eigenvalue weighted by molar-refractivity contribution is -0.0444. The van der Waals surface area contributed by atoms with E-state index in [1.54, 1.807) is 10.8 Å². The lowest BCUT2D eigenvalue weighted by Crippen LogP contribution is -2.39. The fourth-order valence-corrected chi connectivity index (χ4v) is 3.49. The van der Waals surface area contributed by atoms with Gasteiger partial charge >= 0.3 is 15.5 Å². The van der Waals surface area contributed by atoms with E-state index in [4.69, 9.17) is 0 Å². The lowest BCUT2D eigenvalue weighted by Gasteiger charge is -2.40. The topological polar surface area (TPSA) is 49.4 Å². The Balaban J connectivity index is 2.19. The van der Waals surface area contributed by atoms with Crippen molar-refractivity contribution in [2.45, 2.75) is 38.6 Å². The molecule has 1 heterocycles. The number of likely N-dealkylation sites (tertiary alicyclic amines) is 1. The largest absolute Gasteiger partial charge is 0.516 e. The monoisotopic (exact) mass is 338 g/mol. The van der Waals surface area contributed by atoms with Crippen LogP contribution in [-0.2, 0) is 10.0 Å². The van der Waals surface area contributed by atoms with Gasteiger partial charge in [-0.15, -0.1) is 0 Å². The van der Waals surface area contributed by atoms with Crippen LogP contribution in [0.5, 0.6) is 0 Å². The van der Waals surface area contributed by atoms with Gasteiger partial charge < -0.3 is 4.90 Å². The molecule has 1 N–H and O–H groups in total. The van der Waals surface area contributed by atoms with Gasteiger partial charge in [-0.3, -0.25) is 4.72 Å². The van der Waals surface area contributed by atoms with E-state index in [9.17, 15) is 21.6 Å². The molecule has 22 heavy (non-hydrogen) atoms. The fourth-order valence-electron chi connectivity index (χ4n) is 2.92. The van der Waals surface area contributed by atoms with E-state index in [0.29, 0.717) is 12.3 Å². The molecular weight excluding hydrogens is 317 g/mol. The van der Waals surface area contributed by atoms with Crippen molar-refractivity contribution in [2.24, 2.45) is 11.8 Å². The molecular formula is C14H21F3N2O2S. The molecule has 0 radical (unpaired) electrons. The van der Waals surface area contributed by atoms with E-state index >= 15 is 0 Å². The SMILES string of the molecule is CC(C)CN1CCCC2CC=C(NS(=O)(=O)C(F)(F)F)C=C21. The van der Waals surface area contributed by atoms with Gasteiger partial charge in [0.1, 0.15) is 0 Å². The van der Waals surface area contributed by atoms with Crippen molar-refractivity contribution in [2.75, 3.05) is 13.1 Å². The molecule has 1 fully saturated rings. The van der Waals surface area contributed by atoms with E-state index in [1.165, 1.54) is 6.08 Å². The summed E-state index contributed by atoms with van der Waals surface area (Å²) < 4.78 is 61.5. The van der Waals surface area contributed by atoms with Crippen LogP contribution in [0.15, 0.2) is 23.5 Å². The fraction of sp³-hybridized carbons (Fsp3) is 0.714. The number of alkyl halides is 3. The Morgan fingerprint density at radius 2 is 2.09 bits per heavy atom. The van der Waals surface area contributed by atoms with Gasteiger partial charge in [-0.1, -0.05) is 19.9 Å². The van der Waals surface area contributed by atoms with Crippen LogP contribution in [0.2, 0.25) is 0 Å². The van der Waals surface area contributed by atoms with Gasteiger partial charge in [-0.2, -0.15) is 21.6 Å². The van der Waals surface area contributed by atoms with Crippen molar-refractivity contribution in [3.8, 4) is 0 Å². The third-order valence-electron chi connectivity index (χ3n) is 3.83. The first kappa shape index (κ1) is 17.2. The van der Waals surface area contributed by atoms with Crippen LogP contribution in [0.1, 0.15) is 33.1 Å². The highest BCUT2D eigenvalue weighted by atomic mass is 32.2. The summed E-state index contributed by atoms with van der Waals surface area (Å²) in [4.78, 5) is 2.16. The first-order valence-corrected chi connectivity index (χ1v) is 8.84. The van der Waals surface area contributed by atoms with Crippen LogP contribution in [0.4, 0.5) is 13.2 Å². The summed E-state index contributed by atoms with van der Waals surface area (Å²) in [5.41, 5.74) is -4.34. The summed E-state index contributed by atoms with van der Waals surface area (Å²) in [5, 5.41) is 0. The van der Waals surface area contributed by atoms with Crippen LogP contribution in [0.25, 0.3) is 0 Å². The van der Waals surface area contributed by atoms with Gasteiger partial charge in [-0.25, -0.2) is 0 Å². The minimum Gasteiger partial charge on any atom is -0.374 e. The molecule has 126 valence electrons. The average Bonchev–Trinajstić information content (AvgIpc) is 2.37. The second-order valence-electron chi connectivity index (χ2n) is 6.19. The van der Waals surface area contributed by atoms with E-state index in [2.05, 4.69) is 18.7 Å². The van der Waals surface area contributed by atoms with Crippen LogP contribution in [0.3, 0.4) is 0 Å². The molecule has 0 saturated carbocycles. The van der Waals surface area contributed by atoms with Crippen LogP contribution >= 0.6 is 0 Å². The summed E-state index contributed by atoms with van der Waals surface area (Å²) in [5.74, 6) is 0.701. The highest BCUT2D eigenvalue weighted by Gasteiger charge is 2.46. The molecule has 1 unspecified atom stereocenters. The molecule has 2 rings (SSSR count). The highest BCUT2D eigenvalue weighted by molar-refractivity contribution is 7.90. The smallest absolute Gasteiger partial charge is 0.374 e. The first-order valence-electron chi connectivity index (χ1n) is 7.36. The van der Waals surface area contributed by atoms with Gasteiger partial charge in [-0.05, 0) is 31.3 Å². The van der Waals surface area contributed by atoms with Crippen molar-refractivity contribution in [1.82, 2.24) is 9.62 Å². The molecule has 0 spiro atoms. The van der Waals surface area contributed by atoms with Gasteiger partial charge in [0.05, 0.1) is 0 Å². The highest BCUT2D eigenvalue weighted by Crippen LogP contribution is 2.35. The minimum atomic E-state index is -5.36. The van der Waals surface area contributed by atoms with Crippen LogP contribution in [0, 0.1) is 11.8 Å². The average molecular weight is 338 g/mol. The first-order chi connectivity index (χ1) is 10.1. The standard InChI is InChI=1S/C14H21F3N2O2S/c1-10(2)9-19-7-3-4-11-5-6-12(8-13(11)19)18-22(20,21)14(15,16)17/h6,8,10-11,18H,3-5,7,9H2,1-2H3. The molecule has 0 amide bonds. The lowest BCUT2D eigenvalue weighted by atomic mass is 9.86. The number of hydrogen-bond acceptors (Lipinski definition) is 3. The molecule has 1 aliphatic heterocycles. The molecule has 0 bridgehead atoms. The Morgan fingerprint density at radius 1 is 1.41 bits per heavy atom. The maximum atomic E-state index is 12.5. The second-order valence-corrected chi connectivity index (χ2v) is 7.87. The normalized spacial score (nSPS) is 23.0. The Kier molecular flexibility index (Phi) is 4.79. The van der Waals surface area contributed by atoms with E-state index < -0.39 is 15.5 Å². The molecule has 0 aromatic rings. The summed E-state index contributed by atoms with van der Waals surface area (Å²) in [7, 11) is -5.36. The third kappa shape index (κ3) is 3.77. The molecule has 1 saturated heterocycles. The summed E-state index contributed by atoms with van der Waals surface area (Å²) in [6.07, 6.45) is 5.69. The van der Waals surface area contributed by atoms with Crippen LogP contribution < -0.4 is 4.72 Å². The second kappa shape index (κ2) is 6.14. The van der Waals surface area contributed by atoms with Crippen molar-refractivity contribution >= 4 is 10.0 Å². The van der Waals surface area contributed by atoms with E-state index in [-0.39, 0.29) is 11.6 Å². The number of nitrogens with one attached hydrogen (secondary N) is 1. The number of rotatable bonds is 4. The van der Waals surface area contributed by atoms with Crippen molar-refractivity contribution in [3.05, 3.63) is 23.5 Å². The zero-order valence-electron chi connectivity index (χ0n) is 12.7. The number of nitrogens with zero attached hydrogens (tertiary/aromatic N) is 1. The maximum absolute atomic E-state index is 12.5. The van der Waals surface area contributed by atoms with Gasteiger partial charge in [0.2, 0.25) is 0 Å². The van der Waals surface area contributed by atoms with Gasteiger partial charge in [0.25, 0.3) is 0 Å². The zero-order valence-corrected chi connectivity index (χ0v) is 13.5. The third-order valence-corrected chi connectivity index (χ3v) is 4.95. The van der Waals surface area contributed by atoms with E-state index in [1.807, 2.05) is 0 Å². The number of fused-ring (bicyclic) bond motifs is 1. The molecule has 2 aliphatic rings. The summed E-state index contributed by atoms with van der Waals surface area (Å²) in [6.45, 7) is 5.84. The van der Waals surface area contributed by atoms with E-state index in [0.717, 1.165) is 31.6 Å². The van der Waals surface area contributed by atoms with Crippen molar-refractivity contribution in [1.29, 1.82) is 0 Å². The summed E-state index contributed by atoms with van der Waals surface area (Å²) in [6, 6.07) is 0. The summed E-state index contributed by atoms with van der Waals surface area (Å²) >= 11 is 0. The molecule has 0 aromatic heterocycles. The number of allylic oxidation sites excluding steroid dienone is 3.